The molecule has 0 radical (unpaired) electrons. The molecule has 20 heavy (non-hydrogen) atoms. The van der Waals surface area contributed by atoms with Gasteiger partial charge in [0.1, 0.15) is 0 Å². The summed E-state index contributed by atoms with van der Waals surface area (Å²) in [5.74, 6) is 0.0961. The topological polar surface area (TPSA) is 29.1 Å². The number of carbonyl (C=O) groups is 1. The first-order valence-electron chi connectivity index (χ1n) is 7.71. The Hall–Kier alpha value is -0.791. The predicted molar refractivity (Wildman–Crippen MR) is 87.4 cm³/mol. The molecule has 0 aliphatic carbocycles. The van der Waals surface area contributed by atoms with Gasteiger partial charge in [0.15, 0.2) is 0 Å². The molecule has 1 N–H and O–H groups in total. The molecule has 0 saturated heterocycles. The third-order valence-electron chi connectivity index (χ3n) is 3.21. The van der Waals surface area contributed by atoms with Crippen molar-refractivity contribution < 1.29 is 4.79 Å². The Morgan fingerprint density at radius 1 is 1.10 bits per heavy atom. The molecule has 0 spiro atoms. The summed E-state index contributed by atoms with van der Waals surface area (Å²) in [6.45, 7) is 3.87. The van der Waals surface area contributed by atoms with Crippen molar-refractivity contribution in [1.82, 2.24) is 5.32 Å². The molecule has 0 aromatic heterocycles. The van der Waals surface area contributed by atoms with Crippen LogP contribution < -0.4 is 9.78 Å². The average molecular weight is 340 g/mol. The molecule has 0 aliphatic rings. The van der Waals surface area contributed by atoms with Crippen molar-refractivity contribution in [2.75, 3.05) is 0 Å². The molecule has 1 unspecified atom stereocenters. The summed E-state index contributed by atoms with van der Waals surface area (Å²) in [5.41, 5.74) is 0. The Kier molecular flexibility index (Phi) is 9.44. The van der Waals surface area contributed by atoms with Crippen LogP contribution in [0.3, 0.4) is 0 Å². The summed E-state index contributed by atoms with van der Waals surface area (Å²) in [5, 5.41) is 3.12. The first-order valence-corrected chi connectivity index (χ1v) is 9.55. The maximum absolute atomic E-state index is 11.3. The van der Waals surface area contributed by atoms with Crippen LogP contribution in [-0.2, 0) is 4.79 Å². The molecular formula is C17H27NOSe. The molecule has 3 heteroatoms. The van der Waals surface area contributed by atoms with Gasteiger partial charge < -0.3 is 0 Å². The summed E-state index contributed by atoms with van der Waals surface area (Å²) >= 11 is 0.330. The molecule has 1 aromatic rings. The van der Waals surface area contributed by atoms with Gasteiger partial charge in [-0.2, -0.15) is 0 Å². The predicted octanol–water partition coefficient (Wildman–Crippen LogP) is 3.23. The minimum atomic E-state index is 0.0961. The van der Waals surface area contributed by atoms with Crippen LogP contribution in [0.2, 0.25) is 0 Å². The van der Waals surface area contributed by atoms with E-state index in [-0.39, 0.29) is 5.91 Å². The molecule has 112 valence electrons. The van der Waals surface area contributed by atoms with Crippen LogP contribution in [0.1, 0.15) is 58.8 Å². The molecule has 0 heterocycles. The van der Waals surface area contributed by atoms with Crippen LogP contribution in [0.4, 0.5) is 0 Å². The summed E-state index contributed by atoms with van der Waals surface area (Å²) in [4.78, 5) is 11.7. The van der Waals surface area contributed by atoms with E-state index < -0.39 is 0 Å². The van der Waals surface area contributed by atoms with Gasteiger partial charge in [-0.1, -0.05) is 0 Å². The molecule has 0 saturated carbocycles. The van der Waals surface area contributed by atoms with Gasteiger partial charge in [0.2, 0.25) is 0 Å². The van der Waals surface area contributed by atoms with E-state index in [0.29, 0.717) is 19.9 Å². The Morgan fingerprint density at radius 2 is 1.75 bits per heavy atom. The zero-order valence-electron chi connectivity index (χ0n) is 12.7. The molecular weight excluding hydrogens is 313 g/mol. The fourth-order valence-corrected chi connectivity index (χ4v) is 4.58. The monoisotopic (exact) mass is 341 g/mol. The molecule has 1 amide bonds. The molecule has 0 fully saturated rings. The Bertz CT molecular complexity index is 367. The average Bonchev–Trinajstić information content (AvgIpc) is 2.43. The first kappa shape index (κ1) is 17.3. The van der Waals surface area contributed by atoms with E-state index in [4.69, 9.17) is 0 Å². The van der Waals surface area contributed by atoms with E-state index in [1.807, 2.05) is 6.07 Å². The van der Waals surface area contributed by atoms with Crippen molar-refractivity contribution in [1.29, 1.82) is 0 Å². The number of unbranched alkanes of at least 4 members (excludes halogenated alkanes) is 5. The summed E-state index contributed by atoms with van der Waals surface area (Å²) in [6, 6.07) is 10.5. The van der Waals surface area contributed by atoms with Gasteiger partial charge in [0.05, 0.1) is 0 Å². The van der Waals surface area contributed by atoms with E-state index >= 15 is 0 Å². The summed E-state index contributed by atoms with van der Waals surface area (Å²) in [7, 11) is 0. The first-order chi connectivity index (χ1) is 9.72. The van der Waals surface area contributed by atoms with Crippen LogP contribution >= 0.6 is 0 Å². The van der Waals surface area contributed by atoms with Crippen molar-refractivity contribution in [3.63, 3.8) is 0 Å². The van der Waals surface area contributed by atoms with Crippen molar-refractivity contribution in [2.45, 2.75) is 63.7 Å². The third kappa shape index (κ3) is 8.39. The minimum absolute atomic E-state index is 0.0961. The van der Waals surface area contributed by atoms with E-state index in [1.165, 1.54) is 43.0 Å². The van der Waals surface area contributed by atoms with Gasteiger partial charge in [-0.15, -0.1) is 0 Å². The van der Waals surface area contributed by atoms with Gasteiger partial charge in [0.25, 0.3) is 0 Å². The van der Waals surface area contributed by atoms with Crippen LogP contribution in [0.15, 0.2) is 30.3 Å². The molecule has 0 bridgehead atoms. The normalized spacial score (nSPS) is 12.1. The van der Waals surface area contributed by atoms with Crippen molar-refractivity contribution >= 4 is 25.3 Å². The van der Waals surface area contributed by atoms with Crippen LogP contribution in [0.25, 0.3) is 0 Å². The number of nitrogens with one attached hydrogen (secondary N) is 1. The summed E-state index contributed by atoms with van der Waals surface area (Å²) in [6.07, 6.45) is 8.96. The van der Waals surface area contributed by atoms with E-state index in [1.54, 1.807) is 6.92 Å². The number of carbonyl (C=O) groups excluding carboxylic acids is 1. The second-order valence-corrected chi connectivity index (χ2v) is 7.85. The fourth-order valence-electron chi connectivity index (χ4n) is 2.16. The second kappa shape index (κ2) is 10.9. The number of benzene rings is 1. The standard InChI is InChI=1S/C17H27NOSe/c1-3-4-5-6-7-11-14-17(18-15(2)19)20-16-12-9-8-10-13-16/h8-10,12-13,17H,3-7,11,14H2,1-2H3,(H,18,19). The van der Waals surface area contributed by atoms with Crippen molar-refractivity contribution in [3.05, 3.63) is 30.3 Å². The van der Waals surface area contributed by atoms with E-state index in [9.17, 15) is 4.79 Å². The maximum atomic E-state index is 11.3. The number of hydrogen-bond donors (Lipinski definition) is 1. The van der Waals surface area contributed by atoms with Crippen LogP contribution in [0, 0.1) is 0 Å². The quantitative estimate of drug-likeness (QED) is 0.514. The molecule has 1 aromatic carbocycles. The van der Waals surface area contributed by atoms with Gasteiger partial charge in [-0.05, 0) is 0 Å². The van der Waals surface area contributed by atoms with Gasteiger partial charge in [-0.3, -0.25) is 0 Å². The number of hydrogen-bond acceptors (Lipinski definition) is 1. The Balaban J connectivity index is 2.31. The SMILES string of the molecule is CCCCCCCCC(NC(C)=O)[Se]c1ccccc1. The van der Waals surface area contributed by atoms with Gasteiger partial charge in [-0.25, -0.2) is 0 Å². The van der Waals surface area contributed by atoms with Crippen LogP contribution in [-0.4, -0.2) is 25.8 Å². The molecule has 2 nitrogen and oxygen atoms in total. The molecule has 1 rings (SSSR count). The van der Waals surface area contributed by atoms with Crippen molar-refractivity contribution in [2.24, 2.45) is 0 Å². The zero-order valence-corrected chi connectivity index (χ0v) is 14.4. The van der Waals surface area contributed by atoms with Crippen molar-refractivity contribution in [3.8, 4) is 0 Å². The third-order valence-corrected chi connectivity index (χ3v) is 5.69. The number of amides is 1. The number of rotatable bonds is 10. The summed E-state index contributed by atoms with van der Waals surface area (Å²) < 4.78 is 1.37. The zero-order chi connectivity index (χ0) is 14.6. The second-order valence-electron chi connectivity index (χ2n) is 5.18. The molecule has 0 aliphatic heterocycles. The van der Waals surface area contributed by atoms with Crippen LogP contribution in [0.5, 0.6) is 0 Å². The fraction of sp³-hybridized carbons (Fsp3) is 0.588. The Labute approximate surface area is 129 Å². The van der Waals surface area contributed by atoms with E-state index in [2.05, 4.69) is 36.5 Å². The van der Waals surface area contributed by atoms with Gasteiger partial charge >= 0.3 is 130 Å². The van der Waals surface area contributed by atoms with Gasteiger partial charge in [0, 0.05) is 0 Å². The molecule has 1 atom stereocenters. The van der Waals surface area contributed by atoms with E-state index in [0.717, 1.165) is 6.42 Å². The Morgan fingerprint density at radius 3 is 2.40 bits per heavy atom.